The van der Waals surface area contributed by atoms with Crippen molar-refractivity contribution in [3.05, 3.63) is 23.8 Å². The second-order valence-electron chi connectivity index (χ2n) is 7.26. The van der Waals surface area contributed by atoms with Crippen LogP contribution in [0.4, 0.5) is 0 Å². The standard InChI is InChI=1S/C20H32N2O4S/c1-5-8-16(4)21-20(23)17-9-7-12-22(14-17)27(24,25)18-10-11-19(26-6-2)15(3)13-18/h10-11,13,16-17H,5-9,12,14H2,1-4H3,(H,21,23)/t16-,17+/m0/s1. The molecule has 6 nitrogen and oxygen atoms in total. The second-order valence-corrected chi connectivity index (χ2v) is 9.20. The normalized spacial score (nSPS) is 19.5. The maximum Gasteiger partial charge on any atom is 0.243 e. The quantitative estimate of drug-likeness (QED) is 0.733. The monoisotopic (exact) mass is 396 g/mol. The van der Waals surface area contributed by atoms with E-state index in [1.54, 1.807) is 18.2 Å². The molecule has 152 valence electrons. The minimum absolute atomic E-state index is 0.0428. The minimum atomic E-state index is -3.62. The van der Waals surface area contributed by atoms with E-state index < -0.39 is 10.0 Å². The first-order valence-electron chi connectivity index (χ1n) is 9.83. The number of benzene rings is 1. The van der Waals surface area contributed by atoms with Gasteiger partial charge in [-0.3, -0.25) is 4.79 Å². The first-order chi connectivity index (χ1) is 12.8. The number of hydrogen-bond donors (Lipinski definition) is 1. The van der Waals surface area contributed by atoms with Gasteiger partial charge in [-0.15, -0.1) is 0 Å². The lowest BCUT2D eigenvalue weighted by Crippen LogP contribution is -2.47. The Morgan fingerprint density at radius 2 is 2.11 bits per heavy atom. The summed E-state index contributed by atoms with van der Waals surface area (Å²) in [6.45, 7) is 9.02. The number of nitrogens with one attached hydrogen (secondary N) is 1. The lowest BCUT2D eigenvalue weighted by Gasteiger charge is -2.32. The predicted molar refractivity (Wildman–Crippen MR) is 106 cm³/mol. The summed E-state index contributed by atoms with van der Waals surface area (Å²) in [5, 5.41) is 3.02. The molecule has 1 aromatic rings. The number of sulfonamides is 1. The van der Waals surface area contributed by atoms with Crippen LogP contribution in [0, 0.1) is 12.8 Å². The highest BCUT2D eigenvalue weighted by molar-refractivity contribution is 7.89. The zero-order valence-electron chi connectivity index (χ0n) is 16.8. The maximum atomic E-state index is 13.1. The molecule has 0 radical (unpaired) electrons. The summed E-state index contributed by atoms with van der Waals surface area (Å²) in [6.07, 6.45) is 3.34. The van der Waals surface area contributed by atoms with Crippen molar-refractivity contribution in [2.75, 3.05) is 19.7 Å². The van der Waals surface area contributed by atoms with Crippen LogP contribution in [0.3, 0.4) is 0 Å². The molecule has 1 aromatic carbocycles. The third-order valence-corrected chi connectivity index (χ3v) is 6.81. The van der Waals surface area contributed by atoms with Crippen LogP contribution < -0.4 is 10.1 Å². The first-order valence-corrected chi connectivity index (χ1v) is 11.3. The molecule has 1 amide bonds. The average Bonchev–Trinajstić information content (AvgIpc) is 2.63. The Morgan fingerprint density at radius 1 is 1.37 bits per heavy atom. The number of aryl methyl sites for hydroxylation is 1. The van der Waals surface area contributed by atoms with E-state index in [2.05, 4.69) is 12.2 Å². The van der Waals surface area contributed by atoms with Gasteiger partial charge in [0.25, 0.3) is 0 Å². The van der Waals surface area contributed by atoms with Crippen LogP contribution in [0.15, 0.2) is 23.1 Å². The van der Waals surface area contributed by atoms with E-state index >= 15 is 0 Å². The van der Waals surface area contributed by atoms with Crippen LogP contribution in [0.25, 0.3) is 0 Å². The maximum absolute atomic E-state index is 13.1. The molecule has 1 heterocycles. The van der Waals surface area contributed by atoms with Gasteiger partial charge in [0.2, 0.25) is 15.9 Å². The summed E-state index contributed by atoms with van der Waals surface area (Å²) in [5.41, 5.74) is 0.789. The smallest absolute Gasteiger partial charge is 0.243 e. The third-order valence-electron chi connectivity index (χ3n) is 4.95. The van der Waals surface area contributed by atoms with E-state index in [-0.39, 0.29) is 29.3 Å². The van der Waals surface area contributed by atoms with E-state index in [9.17, 15) is 13.2 Å². The average molecular weight is 397 g/mol. The molecule has 27 heavy (non-hydrogen) atoms. The molecule has 1 saturated heterocycles. The summed E-state index contributed by atoms with van der Waals surface area (Å²) >= 11 is 0. The van der Waals surface area contributed by atoms with Gasteiger partial charge >= 0.3 is 0 Å². The molecule has 0 spiro atoms. The largest absolute Gasteiger partial charge is 0.494 e. The van der Waals surface area contributed by atoms with Crippen LogP contribution in [0.5, 0.6) is 5.75 Å². The lowest BCUT2D eigenvalue weighted by atomic mass is 9.98. The SMILES string of the molecule is CCC[C@H](C)NC(=O)[C@@H]1CCCN(S(=O)(=O)c2ccc(OCC)c(C)c2)C1. The number of rotatable bonds is 8. The molecule has 0 aliphatic carbocycles. The molecule has 1 aliphatic heterocycles. The van der Waals surface area contributed by atoms with Crippen molar-refractivity contribution in [3.8, 4) is 5.75 Å². The summed E-state index contributed by atoms with van der Waals surface area (Å²) in [6, 6.07) is 5.04. The van der Waals surface area contributed by atoms with Crippen LogP contribution in [0.2, 0.25) is 0 Å². The summed E-state index contributed by atoms with van der Waals surface area (Å²) in [7, 11) is -3.62. The van der Waals surface area contributed by atoms with Gasteiger partial charge in [0.05, 0.1) is 17.4 Å². The van der Waals surface area contributed by atoms with Crippen LogP contribution >= 0.6 is 0 Å². The predicted octanol–water partition coefficient (Wildman–Crippen LogP) is 3.10. The van der Waals surface area contributed by atoms with E-state index in [4.69, 9.17) is 4.74 Å². The summed E-state index contributed by atoms with van der Waals surface area (Å²) in [4.78, 5) is 12.8. The molecule has 1 aliphatic rings. The van der Waals surface area contributed by atoms with Crippen LogP contribution in [-0.2, 0) is 14.8 Å². The Kier molecular flexibility index (Phi) is 7.68. The van der Waals surface area contributed by atoms with Gasteiger partial charge in [-0.25, -0.2) is 8.42 Å². The molecule has 1 N–H and O–H groups in total. The van der Waals surface area contributed by atoms with Crippen molar-refractivity contribution in [2.24, 2.45) is 5.92 Å². The lowest BCUT2D eigenvalue weighted by molar-refractivity contribution is -0.126. The molecule has 2 rings (SSSR count). The fourth-order valence-corrected chi connectivity index (χ4v) is 5.10. The number of carbonyl (C=O) groups is 1. The van der Waals surface area contributed by atoms with Crippen molar-refractivity contribution in [2.45, 2.75) is 64.3 Å². The van der Waals surface area contributed by atoms with Crippen LogP contribution in [0.1, 0.15) is 52.0 Å². The van der Waals surface area contributed by atoms with Gasteiger partial charge in [0.1, 0.15) is 5.75 Å². The van der Waals surface area contributed by atoms with Gasteiger partial charge in [-0.1, -0.05) is 13.3 Å². The fourth-order valence-electron chi connectivity index (χ4n) is 3.49. The Hall–Kier alpha value is -1.60. The molecule has 0 saturated carbocycles. The van der Waals surface area contributed by atoms with Crippen molar-refractivity contribution in [1.82, 2.24) is 9.62 Å². The van der Waals surface area contributed by atoms with Crippen LogP contribution in [-0.4, -0.2) is 44.4 Å². The number of piperidine rings is 1. The Bertz CT molecular complexity index is 748. The number of amides is 1. The van der Waals surface area contributed by atoms with Gasteiger partial charge in [-0.2, -0.15) is 4.31 Å². The molecular weight excluding hydrogens is 364 g/mol. The Labute approximate surface area is 163 Å². The first kappa shape index (κ1) is 21.7. The Morgan fingerprint density at radius 3 is 2.74 bits per heavy atom. The highest BCUT2D eigenvalue weighted by Gasteiger charge is 2.33. The number of carbonyl (C=O) groups excluding carboxylic acids is 1. The van der Waals surface area contributed by atoms with Gasteiger partial charge < -0.3 is 10.1 Å². The molecule has 0 unspecified atom stereocenters. The van der Waals surface area contributed by atoms with E-state index in [1.165, 1.54) is 4.31 Å². The molecule has 7 heteroatoms. The van der Waals surface area contributed by atoms with Crippen molar-refractivity contribution >= 4 is 15.9 Å². The van der Waals surface area contributed by atoms with Gasteiger partial charge in [0.15, 0.2) is 0 Å². The van der Waals surface area contributed by atoms with E-state index in [0.717, 1.165) is 24.8 Å². The highest BCUT2D eigenvalue weighted by atomic mass is 32.2. The van der Waals surface area contributed by atoms with E-state index in [1.807, 2.05) is 20.8 Å². The van der Waals surface area contributed by atoms with E-state index in [0.29, 0.717) is 25.3 Å². The highest BCUT2D eigenvalue weighted by Crippen LogP contribution is 2.27. The molecule has 0 bridgehead atoms. The summed E-state index contributed by atoms with van der Waals surface area (Å²) in [5.74, 6) is 0.354. The minimum Gasteiger partial charge on any atom is -0.494 e. The van der Waals surface area contributed by atoms with Crippen molar-refractivity contribution < 1.29 is 17.9 Å². The molecular formula is C20H32N2O4S. The molecule has 2 atom stereocenters. The summed E-state index contributed by atoms with van der Waals surface area (Å²) < 4.78 is 33.0. The van der Waals surface area contributed by atoms with Crippen molar-refractivity contribution in [1.29, 1.82) is 0 Å². The number of nitrogens with zero attached hydrogens (tertiary/aromatic N) is 1. The van der Waals surface area contributed by atoms with Crippen molar-refractivity contribution in [3.63, 3.8) is 0 Å². The molecule has 0 aromatic heterocycles. The molecule has 1 fully saturated rings. The third kappa shape index (κ3) is 5.45. The zero-order valence-corrected chi connectivity index (χ0v) is 17.6. The fraction of sp³-hybridized carbons (Fsp3) is 0.650. The number of ether oxygens (including phenoxy) is 1. The number of hydrogen-bond acceptors (Lipinski definition) is 4. The topological polar surface area (TPSA) is 75.7 Å². The Balaban J connectivity index is 2.12. The van der Waals surface area contributed by atoms with Gasteiger partial charge in [0, 0.05) is 19.1 Å². The van der Waals surface area contributed by atoms with Gasteiger partial charge in [-0.05, 0) is 63.8 Å². The zero-order chi connectivity index (χ0) is 20.0. The second kappa shape index (κ2) is 9.55.